The van der Waals surface area contributed by atoms with Gasteiger partial charge in [-0.25, -0.2) is 4.98 Å². The number of nitrogens with zero attached hydrogens (tertiary/aromatic N) is 4. The van der Waals surface area contributed by atoms with Gasteiger partial charge in [-0.15, -0.1) is 0 Å². The maximum atomic E-state index is 11.2. The fourth-order valence-corrected chi connectivity index (χ4v) is 2.11. The van der Waals surface area contributed by atoms with Crippen LogP contribution >= 0.6 is 11.3 Å². The largest absolute Gasteiger partial charge is 0.395 e. The number of hydrogen-bond donors (Lipinski definition) is 6. The van der Waals surface area contributed by atoms with Crippen LogP contribution in [0.15, 0.2) is 18.9 Å². The highest BCUT2D eigenvalue weighted by molar-refractivity contribution is 7.17. The number of aromatic nitrogens is 4. The van der Waals surface area contributed by atoms with Crippen LogP contribution < -0.4 is 27.2 Å². The molecule has 12 nitrogen and oxygen atoms in total. The Morgan fingerprint density at radius 2 is 2.00 bits per heavy atom. The van der Waals surface area contributed by atoms with Crippen LogP contribution in [0.2, 0.25) is 0 Å². The van der Waals surface area contributed by atoms with Crippen molar-refractivity contribution in [3.8, 4) is 0 Å². The Bertz CT molecular complexity index is 779. The monoisotopic (exact) mass is 365 g/mol. The number of aliphatic hydroxyl groups excluding tert-OH is 1. The highest BCUT2D eigenvalue weighted by Crippen LogP contribution is 2.21. The first-order valence-electron chi connectivity index (χ1n) is 6.83. The molecule has 2 amide bonds. The van der Waals surface area contributed by atoms with E-state index in [0.717, 1.165) is 17.4 Å². The van der Waals surface area contributed by atoms with Gasteiger partial charge in [0.2, 0.25) is 17.8 Å². The molecule has 0 unspecified atom stereocenters. The number of carbonyl (C=O) groups excluding carboxylic acids is 2. The number of nitrogens with one attached hydrogen (secondary N) is 4. The van der Waals surface area contributed by atoms with Crippen molar-refractivity contribution in [2.24, 2.45) is 5.73 Å². The number of hydrazine groups is 1. The van der Waals surface area contributed by atoms with Crippen molar-refractivity contribution >= 4 is 46.1 Å². The maximum Gasteiger partial charge on any atom is 0.261 e. The van der Waals surface area contributed by atoms with Crippen LogP contribution in [0.4, 0.5) is 23.0 Å². The summed E-state index contributed by atoms with van der Waals surface area (Å²) in [6, 6.07) is 0. The van der Waals surface area contributed by atoms with Gasteiger partial charge in [-0.1, -0.05) is 17.9 Å². The number of aliphatic hydroxyl groups is 1. The predicted molar refractivity (Wildman–Crippen MR) is 91.3 cm³/mol. The Kier molecular flexibility index (Phi) is 6.14. The minimum absolute atomic E-state index is 0.0276. The van der Waals surface area contributed by atoms with Gasteiger partial charge in [0.15, 0.2) is 5.13 Å². The van der Waals surface area contributed by atoms with E-state index in [2.05, 4.69) is 48.0 Å². The molecule has 0 aliphatic carbocycles. The molecule has 0 spiro atoms. The molecule has 25 heavy (non-hydrogen) atoms. The highest BCUT2D eigenvalue weighted by atomic mass is 32.1. The number of primary amides is 1. The lowest BCUT2D eigenvalue weighted by Crippen LogP contribution is -2.29. The summed E-state index contributed by atoms with van der Waals surface area (Å²) < 4.78 is 0. The third-order valence-electron chi connectivity index (χ3n) is 2.48. The number of carbonyl (C=O) groups is 2. The summed E-state index contributed by atoms with van der Waals surface area (Å²) in [5.74, 6) is -0.809. The van der Waals surface area contributed by atoms with Crippen molar-refractivity contribution in [1.29, 1.82) is 0 Å². The fraction of sp³-hybridized carbons (Fsp3) is 0.167. The van der Waals surface area contributed by atoms with Gasteiger partial charge >= 0.3 is 0 Å². The Labute approximate surface area is 145 Å². The van der Waals surface area contributed by atoms with Crippen molar-refractivity contribution in [1.82, 2.24) is 25.4 Å². The standard InChI is InChI=1S/C12H15N9O3S/c1-2-7(23)20-21-11-17-9(14-3-4-22)16-10(18-11)19-12-15-5-6(25-12)8(13)24/h2,5,22H,1,3-4H2,(H2,13,24)(H,20,23)(H3,14,15,16,17,18,19,21). The third-order valence-corrected chi connectivity index (χ3v) is 3.41. The van der Waals surface area contributed by atoms with Gasteiger partial charge in [0.1, 0.15) is 4.88 Å². The second-order valence-electron chi connectivity index (χ2n) is 4.29. The van der Waals surface area contributed by atoms with Gasteiger partial charge in [-0.2, -0.15) is 15.0 Å². The molecule has 7 N–H and O–H groups in total. The van der Waals surface area contributed by atoms with Gasteiger partial charge in [0.25, 0.3) is 11.8 Å². The van der Waals surface area contributed by atoms with Gasteiger partial charge < -0.3 is 16.2 Å². The molecule has 2 rings (SSSR count). The van der Waals surface area contributed by atoms with E-state index in [9.17, 15) is 9.59 Å². The Morgan fingerprint density at radius 1 is 1.28 bits per heavy atom. The smallest absolute Gasteiger partial charge is 0.261 e. The lowest BCUT2D eigenvalue weighted by molar-refractivity contribution is -0.116. The van der Waals surface area contributed by atoms with E-state index in [1.807, 2.05) is 0 Å². The summed E-state index contributed by atoms with van der Waals surface area (Å²) >= 11 is 1.03. The summed E-state index contributed by atoms with van der Waals surface area (Å²) in [4.78, 5) is 38.7. The minimum Gasteiger partial charge on any atom is -0.395 e. The predicted octanol–water partition coefficient (Wildman–Crippen LogP) is -0.796. The van der Waals surface area contributed by atoms with E-state index in [1.54, 1.807) is 0 Å². The van der Waals surface area contributed by atoms with Crippen molar-refractivity contribution in [2.45, 2.75) is 0 Å². The number of amides is 2. The second kappa shape index (κ2) is 8.51. The molecule has 2 aromatic rings. The zero-order valence-corrected chi connectivity index (χ0v) is 13.6. The van der Waals surface area contributed by atoms with Gasteiger partial charge in [0, 0.05) is 6.54 Å². The lowest BCUT2D eigenvalue weighted by Gasteiger charge is -2.09. The van der Waals surface area contributed by atoms with Crippen molar-refractivity contribution in [3.63, 3.8) is 0 Å². The third kappa shape index (κ3) is 5.36. The zero-order chi connectivity index (χ0) is 18.2. The lowest BCUT2D eigenvalue weighted by atomic mass is 10.5. The zero-order valence-electron chi connectivity index (χ0n) is 12.8. The van der Waals surface area contributed by atoms with Gasteiger partial charge in [-0.3, -0.25) is 25.8 Å². The van der Waals surface area contributed by atoms with E-state index in [-0.39, 0.29) is 35.9 Å². The number of rotatable bonds is 9. The number of anilines is 4. The summed E-state index contributed by atoms with van der Waals surface area (Å²) in [6.45, 7) is 3.41. The molecular weight excluding hydrogens is 350 g/mol. The average Bonchev–Trinajstić information content (AvgIpc) is 3.06. The molecule has 2 heterocycles. The van der Waals surface area contributed by atoms with E-state index in [4.69, 9.17) is 10.8 Å². The number of thiazole rings is 1. The molecule has 0 aliphatic heterocycles. The van der Waals surface area contributed by atoms with Crippen LogP contribution in [0.25, 0.3) is 0 Å². The summed E-state index contributed by atoms with van der Waals surface area (Å²) in [6.07, 6.45) is 2.39. The fourth-order valence-electron chi connectivity index (χ4n) is 1.44. The topological polar surface area (TPSA) is 180 Å². The van der Waals surface area contributed by atoms with Gasteiger partial charge in [0.05, 0.1) is 12.8 Å². The minimum atomic E-state index is -0.596. The van der Waals surface area contributed by atoms with E-state index < -0.39 is 11.8 Å². The van der Waals surface area contributed by atoms with Crippen LogP contribution in [0.5, 0.6) is 0 Å². The molecule has 0 aliphatic rings. The Balaban J connectivity index is 2.19. The van der Waals surface area contributed by atoms with Crippen LogP contribution in [0.1, 0.15) is 9.67 Å². The first-order chi connectivity index (χ1) is 12.0. The molecule has 0 saturated carbocycles. The van der Waals surface area contributed by atoms with Crippen LogP contribution in [0, 0.1) is 0 Å². The number of nitrogens with two attached hydrogens (primary N) is 1. The molecule has 132 valence electrons. The van der Waals surface area contributed by atoms with Crippen LogP contribution in [-0.2, 0) is 4.79 Å². The number of hydrogen-bond acceptors (Lipinski definition) is 11. The molecule has 0 bridgehead atoms. The average molecular weight is 365 g/mol. The maximum absolute atomic E-state index is 11.2. The summed E-state index contributed by atoms with van der Waals surface area (Å²) in [5, 5.41) is 14.8. The van der Waals surface area contributed by atoms with Crippen LogP contribution in [0.3, 0.4) is 0 Å². The molecule has 0 saturated heterocycles. The van der Waals surface area contributed by atoms with Crippen molar-refractivity contribution in [3.05, 3.63) is 23.7 Å². The summed E-state index contributed by atoms with van der Waals surface area (Å²) in [7, 11) is 0. The molecule has 2 aromatic heterocycles. The molecule has 0 fully saturated rings. The second-order valence-corrected chi connectivity index (χ2v) is 5.32. The van der Waals surface area contributed by atoms with Gasteiger partial charge in [-0.05, 0) is 6.08 Å². The Morgan fingerprint density at radius 3 is 2.64 bits per heavy atom. The SMILES string of the molecule is C=CC(=O)NNc1nc(NCCO)nc(Nc2ncc(C(N)=O)s2)n1. The normalized spacial score (nSPS) is 9.96. The van der Waals surface area contributed by atoms with E-state index in [0.29, 0.717) is 5.13 Å². The molecule has 0 atom stereocenters. The first kappa shape index (κ1) is 18.0. The van der Waals surface area contributed by atoms with Crippen molar-refractivity contribution in [2.75, 3.05) is 29.2 Å². The molecule has 13 heteroatoms. The molecular formula is C12H15N9O3S. The quantitative estimate of drug-likeness (QED) is 0.243. The van der Waals surface area contributed by atoms with Crippen LogP contribution in [-0.4, -0.2) is 50.0 Å². The Hall–Kier alpha value is -3.32. The van der Waals surface area contributed by atoms with E-state index in [1.165, 1.54) is 6.20 Å². The van der Waals surface area contributed by atoms with Crippen molar-refractivity contribution < 1.29 is 14.7 Å². The first-order valence-corrected chi connectivity index (χ1v) is 7.65. The highest BCUT2D eigenvalue weighted by Gasteiger charge is 2.11. The summed E-state index contributed by atoms with van der Waals surface area (Å²) in [5.41, 5.74) is 9.97. The van der Waals surface area contributed by atoms with E-state index >= 15 is 0 Å². The molecule has 0 aromatic carbocycles. The molecule has 0 radical (unpaired) electrons.